The lowest BCUT2D eigenvalue weighted by atomic mass is 10.1. The van der Waals surface area contributed by atoms with E-state index in [1.54, 1.807) is 53.9 Å². The third kappa shape index (κ3) is 6.63. The highest BCUT2D eigenvalue weighted by Gasteiger charge is 2.16. The zero-order valence-corrected chi connectivity index (χ0v) is 19.7. The number of nitrogens with zero attached hydrogens (tertiary/aromatic N) is 1. The highest BCUT2D eigenvalue weighted by molar-refractivity contribution is 7.92. The predicted molar refractivity (Wildman–Crippen MR) is 128 cm³/mol. The number of aromatic nitrogens is 1. The molecule has 0 unspecified atom stereocenters. The van der Waals surface area contributed by atoms with E-state index in [0.29, 0.717) is 27.6 Å². The summed E-state index contributed by atoms with van der Waals surface area (Å²) in [6, 6.07) is 13.2. The van der Waals surface area contributed by atoms with E-state index in [9.17, 15) is 18.0 Å². The summed E-state index contributed by atoms with van der Waals surface area (Å²) >= 11 is 1.28. The van der Waals surface area contributed by atoms with Crippen LogP contribution in [0.15, 0.2) is 53.9 Å². The number of carbonyl (C=O) groups is 2. The minimum Gasteiger partial charge on any atom is -0.347 e. The van der Waals surface area contributed by atoms with Gasteiger partial charge in [-0.05, 0) is 57.2 Å². The van der Waals surface area contributed by atoms with Crippen LogP contribution in [-0.2, 0) is 10.0 Å². The molecule has 0 aliphatic heterocycles. The van der Waals surface area contributed by atoms with Gasteiger partial charge in [-0.3, -0.25) is 19.6 Å². The van der Waals surface area contributed by atoms with Crippen molar-refractivity contribution in [3.8, 4) is 11.3 Å². The van der Waals surface area contributed by atoms with Crippen molar-refractivity contribution in [2.24, 2.45) is 0 Å². The largest absolute Gasteiger partial charge is 0.347 e. The molecule has 3 N–H and O–H groups in total. The van der Waals surface area contributed by atoms with Gasteiger partial charge in [0.25, 0.3) is 11.8 Å². The van der Waals surface area contributed by atoms with Crippen molar-refractivity contribution >= 4 is 44.0 Å². The summed E-state index contributed by atoms with van der Waals surface area (Å²) < 4.78 is 25.0. The first-order valence-corrected chi connectivity index (χ1v) is 12.4. The Bertz CT molecular complexity index is 1230. The van der Waals surface area contributed by atoms with Crippen molar-refractivity contribution in [2.75, 3.05) is 16.3 Å². The minimum absolute atomic E-state index is 0.202. The van der Waals surface area contributed by atoms with Crippen molar-refractivity contribution in [3.05, 3.63) is 65.0 Å². The number of thiazole rings is 1. The first kappa shape index (κ1) is 23.4. The first-order chi connectivity index (χ1) is 14.9. The van der Waals surface area contributed by atoms with Crippen molar-refractivity contribution < 1.29 is 18.0 Å². The minimum atomic E-state index is -3.34. The van der Waals surface area contributed by atoms with Crippen LogP contribution < -0.4 is 15.4 Å². The number of hydrogen-bond donors (Lipinski definition) is 3. The Kier molecular flexibility index (Phi) is 6.65. The molecule has 32 heavy (non-hydrogen) atoms. The van der Waals surface area contributed by atoms with Gasteiger partial charge >= 0.3 is 0 Å². The molecule has 0 aliphatic rings. The molecule has 0 saturated carbocycles. The van der Waals surface area contributed by atoms with Gasteiger partial charge in [0, 0.05) is 33.3 Å². The molecule has 10 heteroatoms. The normalized spacial score (nSPS) is 11.6. The summed E-state index contributed by atoms with van der Waals surface area (Å²) in [7, 11) is -3.34. The van der Waals surface area contributed by atoms with Gasteiger partial charge in [-0.1, -0.05) is 12.1 Å². The summed E-state index contributed by atoms with van der Waals surface area (Å²) in [5.74, 6) is -0.534. The molecule has 0 fully saturated rings. The number of carbonyl (C=O) groups excluding carboxylic acids is 2. The highest BCUT2D eigenvalue weighted by Crippen LogP contribution is 2.26. The molecule has 168 valence electrons. The zero-order valence-electron chi connectivity index (χ0n) is 18.1. The van der Waals surface area contributed by atoms with Crippen LogP contribution >= 0.6 is 11.3 Å². The molecule has 0 aliphatic carbocycles. The van der Waals surface area contributed by atoms with Gasteiger partial charge in [-0.15, -0.1) is 11.3 Å². The molecule has 3 aromatic rings. The van der Waals surface area contributed by atoms with E-state index < -0.39 is 10.0 Å². The summed E-state index contributed by atoms with van der Waals surface area (Å²) in [5, 5.41) is 7.86. The fourth-order valence-electron chi connectivity index (χ4n) is 2.74. The molecular weight excluding hydrogens is 448 g/mol. The third-order valence-corrected chi connectivity index (χ3v) is 5.47. The van der Waals surface area contributed by atoms with Crippen LogP contribution in [0.2, 0.25) is 0 Å². The predicted octanol–water partition coefficient (Wildman–Crippen LogP) is 3.96. The lowest BCUT2D eigenvalue weighted by molar-refractivity contribution is 0.0918. The Morgan fingerprint density at radius 1 is 0.906 bits per heavy atom. The number of sulfonamides is 1. The lowest BCUT2D eigenvalue weighted by Gasteiger charge is -2.20. The molecule has 0 bridgehead atoms. The van der Waals surface area contributed by atoms with E-state index in [0.717, 1.165) is 11.8 Å². The topological polar surface area (TPSA) is 117 Å². The maximum Gasteiger partial charge on any atom is 0.257 e. The molecule has 0 atom stereocenters. The molecule has 0 spiro atoms. The van der Waals surface area contributed by atoms with Crippen LogP contribution in [0.4, 0.5) is 10.8 Å². The third-order valence-electron chi connectivity index (χ3n) is 4.11. The maximum atomic E-state index is 12.5. The molecule has 2 amide bonds. The Balaban J connectivity index is 1.65. The molecule has 2 aromatic carbocycles. The Labute approximate surface area is 191 Å². The smallest absolute Gasteiger partial charge is 0.257 e. The van der Waals surface area contributed by atoms with E-state index in [-0.39, 0.29) is 17.4 Å². The number of benzene rings is 2. The van der Waals surface area contributed by atoms with E-state index >= 15 is 0 Å². The number of hydrogen-bond acceptors (Lipinski definition) is 6. The van der Waals surface area contributed by atoms with Crippen LogP contribution in [-0.4, -0.2) is 37.0 Å². The number of amides is 2. The van der Waals surface area contributed by atoms with E-state index in [1.165, 1.54) is 11.3 Å². The standard InChI is InChI=1S/C22H24N4O4S2/c1-22(2,3)25-20(28)16-7-5-15(6-8-16)19(27)24-21-23-18(13-31-21)14-9-11-17(12-10-14)26-32(4,29)30/h5-13,26H,1-4H3,(H,25,28)(H,23,24,27). The number of nitrogens with one attached hydrogen (secondary N) is 3. The molecule has 3 rings (SSSR count). The monoisotopic (exact) mass is 472 g/mol. The molecule has 1 heterocycles. The highest BCUT2D eigenvalue weighted by atomic mass is 32.2. The van der Waals surface area contributed by atoms with Gasteiger partial charge < -0.3 is 5.32 Å². The number of anilines is 2. The van der Waals surface area contributed by atoms with Crippen LogP contribution in [0.3, 0.4) is 0 Å². The van der Waals surface area contributed by atoms with E-state index in [1.807, 2.05) is 20.8 Å². The van der Waals surface area contributed by atoms with Crippen LogP contribution in [0.5, 0.6) is 0 Å². The summed E-state index contributed by atoms with van der Waals surface area (Å²) in [5.41, 5.74) is 2.44. The number of rotatable bonds is 6. The van der Waals surface area contributed by atoms with Crippen LogP contribution in [0.25, 0.3) is 11.3 Å². The molecule has 8 nitrogen and oxygen atoms in total. The van der Waals surface area contributed by atoms with Gasteiger partial charge in [0.1, 0.15) is 0 Å². The lowest BCUT2D eigenvalue weighted by Crippen LogP contribution is -2.40. The van der Waals surface area contributed by atoms with Crippen LogP contribution in [0.1, 0.15) is 41.5 Å². The van der Waals surface area contributed by atoms with Crippen molar-refractivity contribution in [1.29, 1.82) is 0 Å². The second-order valence-electron chi connectivity index (χ2n) is 8.23. The zero-order chi connectivity index (χ0) is 23.5. The molecule has 0 radical (unpaired) electrons. The Morgan fingerprint density at radius 2 is 1.47 bits per heavy atom. The maximum absolute atomic E-state index is 12.5. The average Bonchev–Trinajstić information content (AvgIpc) is 3.14. The molecule has 0 saturated heterocycles. The van der Waals surface area contributed by atoms with Gasteiger partial charge in [0.15, 0.2) is 5.13 Å². The quantitative estimate of drug-likeness (QED) is 0.502. The fraction of sp³-hybridized carbons (Fsp3) is 0.227. The van der Waals surface area contributed by atoms with E-state index in [4.69, 9.17) is 0 Å². The first-order valence-electron chi connectivity index (χ1n) is 9.67. The molecule has 1 aromatic heterocycles. The van der Waals surface area contributed by atoms with Gasteiger partial charge in [-0.25, -0.2) is 13.4 Å². The van der Waals surface area contributed by atoms with Gasteiger partial charge in [-0.2, -0.15) is 0 Å². The van der Waals surface area contributed by atoms with Gasteiger partial charge in [0.05, 0.1) is 11.9 Å². The summed E-state index contributed by atoms with van der Waals surface area (Å²) in [6.45, 7) is 5.70. The second kappa shape index (κ2) is 9.09. The van der Waals surface area contributed by atoms with E-state index in [2.05, 4.69) is 20.3 Å². The SMILES string of the molecule is CC(C)(C)NC(=O)c1ccc(C(=O)Nc2nc(-c3ccc(NS(C)(=O)=O)cc3)cs2)cc1. The summed E-state index contributed by atoms with van der Waals surface area (Å²) in [4.78, 5) is 29.2. The fourth-order valence-corrected chi connectivity index (χ4v) is 4.02. The Hall–Kier alpha value is -3.24. The molecular formula is C22H24N4O4S2. The average molecular weight is 473 g/mol. The van der Waals surface area contributed by atoms with Gasteiger partial charge in [0.2, 0.25) is 10.0 Å². The summed E-state index contributed by atoms with van der Waals surface area (Å²) in [6.07, 6.45) is 1.09. The van der Waals surface area contributed by atoms with Crippen molar-refractivity contribution in [3.63, 3.8) is 0 Å². The Morgan fingerprint density at radius 3 is 2.00 bits per heavy atom. The van der Waals surface area contributed by atoms with Crippen LogP contribution in [0, 0.1) is 0 Å². The second-order valence-corrected chi connectivity index (χ2v) is 10.8. The van der Waals surface area contributed by atoms with Crippen molar-refractivity contribution in [1.82, 2.24) is 10.3 Å². The van der Waals surface area contributed by atoms with Crippen molar-refractivity contribution in [2.45, 2.75) is 26.3 Å².